The first-order chi connectivity index (χ1) is 11.4. The van der Waals surface area contributed by atoms with E-state index in [1.165, 1.54) is 0 Å². The summed E-state index contributed by atoms with van der Waals surface area (Å²) in [5.41, 5.74) is 2.12. The third-order valence-electron chi connectivity index (χ3n) is 3.86. The number of ether oxygens (including phenoxy) is 1. The SMILES string of the molecule is CC[C@H](C)NC(=O)c1ccc(NC(=O)N[C@@H](C)CCOC)c(C)c1. The fourth-order valence-electron chi connectivity index (χ4n) is 2.10. The molecule has 1 aromatic rings. The minimum Gasteiger partial charge on any atom is -0.385 e. The molecule has 0 aromatic heterocycles. The van der Waals surface area contributed by atoms with Crippen LogP contribution in [0.3, 0.4) is 0 Å². The third kappa shape index (κ3) is 6.58. The zero-order chi connectivity index (χ0) is 18.1. The van der Waals surface area contributed by atoms with Crippen molar-refractivity contribution >= 4 is 17.6 Å². The van der Waals surface area contributed by atoms with E-state index >= 15 is 0 Å². The summed E-state index contributed by atoms with van der Waals surface area (Å²) in [5, 5.41) is 8.59. The molecule has 0 aliphatic carbocycles. The normalized spacial score (nSPS) is 13.0. The number of aryl methyl sites for hydroxylation is 1. The van der Waals surface area contributed by atoms with Crippen LogP contribution in [0.5, 0.6) is 0 Å². The van der Waals surface area contributed by atoms with Gasteiger partial charge in [-0.15, -0.1) is 0 Å². The molecule has 3 N–H and O–H groups in total. The van der Waals surface area contributed by atoms with Crippen molar-refractivity contribution in [2.45, 2.75) is 52.6 Å². The first-order valence-electron chi connectivity index (χ1n) is 8.35. The Morgan fingerprint density at radius 2 is 1.88 bits per heavy atom. The average molecular weight is 335 g/mol. The van der Waals surface area contributed by atoms with Gasteiger partial charge in [-0.05, 0) is 57.4 Å². The number of nitrogens with one attached hydrogen (secondary N) is 3. The van der Waals surface area contributed by atoms with Gasteiger partial charge in [0.1, 0.15) is 0 Å². The maximum Gasteiger partial charge on any atom is 0.319 e. The number of carbonyl (C=O) groups is 2. The summed E-state index contributed by atoms with van der Waals surface area (Å²) in [6, 6.07) is 5.13. The van der Waals surface area contributed by atoms with Gasteiger partial charge in [0.15, 0.2) is 0 Å². The highest BCUT2D eigenvalue weighted by molar-refractivity contribution is 5.96. The molecule has 1 rings (SSSR count). The van der Waals surface area contributed by atoms with Gasteiger partial charge in [-0.3, -0.25) is 4.79 Å². The van der Waals surface area contributed by atoms with Crippen LogP contribution in [0.4, 0.5) is 10.5 Å². The monoisotopic (exact) mass is 335 g/mol. The number of carbonyl (C=O) groups excluding carboxylic acids is 2. The molecule has 0 saturated heterocycles. The van der Waals surface area contributed by atoms with Crippen molar-refractivity contribution in [3.63, 3.8) is 0 Å². The summed E-state index contributed by atoms with van der Waals surface area (Å²) < 4.78 is 4.99. The Morgan fingerprint density at radius 3 is 2.46 bits per heavy atom. The Bertz CT molecular complexity index is 560. The summed E-state index contributed by atoms with van der Waals surface area (Å²) in [4.78, 5) is 24.1. The number of methoxy groups -OCH3 is 1. The van der Waals surface area contributed by atoms with Gasteiger partial charge in [0.25, 0.3) is 5.91 Å². The Hall–Kier alpha value is -2.08. The molecule has 0 fully saturated rings. The summed E-state index contributed by atoms with van der Waals surface area (Å²) in [5.74, 6) is -0.100. The van der Waals surface area contributed by atoms with Crippen molar-refractivity contribution in [2.75, 3.05) is 19.0 Å². The van der Waals surface area contributed by atoms with Crippen molar-refractivity contribution in [3.05, 3.63) is 29.3 Å². The van der Waals surface area contributed by atoms with Crippen molar-refractivity contribution in [1.82, 2.24) is 10.6 Å². The van der Waals surface area contributed by atoms with E-state index in [1.54, 1.807) is 25.3 Å². The number of hydrogen-bond acceptors (Lipinski definition) is 3. The lowest BCUT2D eigenvalue weighted by Gasteiger charge is -2.16. The molecule has 0 radical (unpaired) electrons. The molecule has 0 unspecified atom stereocenters. The molecule has 6 heteroatoms. The van der Waals surface area contributed by atoms with E-state index in [0.717, 1.165) is 18.4 Å². The summed E-state index contributed by atoms with van der Waals surface area (Å²) in [6.07, 6.45) is 1.63. The molecule has 0 heterocycles. The quantitative estimate of drug-likeness (QED) is 0.683. The summed E-state index contributed by atoms with van der Waals surface area (Å²) in [7, 11) is 1.63. The van der Waals surface area contributed by atoms with Crippen molar-refractivity contribution < 1.29 is 14.3 Å². The Balaban J connectivity index is 2.64. The number of anilines is 1. The Morgan fingerprint density at radius 1 is 1.17 bits per heavy atom. The van der Waals surface area contributed by atoms with Gasteiger partial charge in [-0.1, -0.05) is 6.92 Å². The molecule has 2 atom stereocenters. The maximum atomic E-state index is 12.1. The van der Waals surface area contributed by atoms with Gasteiger partial charge in [0.05, 0.1) is 0 Å². The van der Waals surface area contributed by atoms with E-state index in [-0.39, 0.29) is 24.0 Å². The van der Waals surface area contributed by atoms with E-state index < -0.39 is 0 Å². The first-order valence-corrected chi connectivity index (χ1v) is 8.35. The number of rotatable bonds is 8. The fraction of sp³-hybridized carbons (Fsp3) is 0.556. The van der Waals surface area contributed by atoms with Crippen LogP contribution in [-0.2, 0) is 4.74 Å². The molecule has 134 valence electrons. The van der Waals surface area contributed by atoms with Crippen molar-refractivity contribution in [1.29, 1.82) is 0 Å². The van der Waals surface area contributed by atoms with Gasteiger partial charge >= 0.3 is 6.03 Å². The van der Waals surface area contributed by atoms with Gasteiger partial charge in [-0.25, -0.2) is 4.79 Å². The van der Waals surface area contributed by atoms with E-state index in [4.69, 9.17) is 4.74 Å². The van der Waals surface area contributed by atoms with Crippen LogP contribution in [-0.4, -0.2) is 37.7 Å². The van der Waals surface area contributed by atoms with Gasteiger partial charge < -0.3 is 20.7 Å². The largest absolute Gasteiger partial charge is 0.385 e. The number of benzene rings is 1. The molecule has 24 heavy (non-hydrogen) atoms. The molecule has 6 nitrogen and oxygen atoms in total. The van der Waals surface area contributed by atoms with Crippen LogP contribution in [0, 0.1) is 6.92 Å². The molecule has 0 bridgehead atoms. The lowest BCUT2D eigenvalue weighted by atomic mass is 10.1. The maximum absolute atomic E-state index is 12.1. The smallest absolute Gasteiger partial charge is 0.319 e. The van der Waals surface area contributed by atoms with Crippen LogP contribution in [0.25, 0.3) is 0 Å². The van der Waals surface area contributed by atoms with Crippen LogP contribution < -0.4 is 16.0 Å². The Kier molecular flexibility index (Phi) is 8.26. The molecule has 0 aliphatic rings. The summed E-state index contributed by atoms with van der Waals surface area (Å²) >= 11 is 0. The Labute approximate surface area is 144 Å². The average Bonchev–Trinajstić information content (AvgIpc) is 2.54. The van der Waals surface area contributed by atoms with Gasteiger partial charge in [-0.2, -0.15) is 0 Å². The number of hydrogen-bond donors (Lipinski definition) is 3. The second-order valence-electron chi connectivity index (χ2n) is 6.09. The molecule has 0 spiro atoms. The van der Waals surface area contributed by atoms with E-state index in [9.17, 15) is 9.59 Å². The van der Waals surface area contributed by atoms with Crippen LogP contribution in [0.1, 0.15) is 49.5 Å². The van der Waals surface area contributed by atoms with Gasteiger partial charge in [0.2, 0.25) is 0 Å². The fourth-order valence-corrected chi connectivity index (χ4v) is 2.10. The molecule has 0 aliphatic heterocycles. The molecule has 1 aromatic carbocycles. The first kappa shape index (κ1) is 20.0. The standard InChI is InChI=1S/C18H29N3O3/c1-6-13(3)19-17(22)15-7-8-16(12(2)11-15)21-18(23)20-14(4)9-10-24-5/h7-8,11,13-14H,6,9-10H2,1-5H3,(H,19,22)(H2,20,21,23)/t13-,14-/m0/s1. The topological polar surface area (TPSA) is 79.5 Å². The van der Waals surface area contributed by atoms with Crippen LogP contribution >= 0.6 is 0 Å². The molecular formula is C18H29N3O3. The van der Waals surface area contributed by atoms with Crippen molar-refractivity contribution in [2.24, 2.45) is 0 Å². The molecular weight excluding hydrogens is 306 g/mol. The highest BCUT2D eigenvalue weighted by atomic mass is 16.5. The van der Waals surface area contributed by atoms with E-state index in [1.807, 2.05) is 27.7 Å². The lowest BCUT2D eigenvalue weighted by Crippen LogP contribution is -2.36. The van der Waals surface area contributed by atoms with Crippen molar-refractivity contribution in [3.8, 4) is 0 Å². The highest BCUT2D eigenvalue weighted by Gasteiger charge is 2.12. The van der Waals surface area contributed by atoms with Crippen LogP contribution in [0.2, 0.25) is 0 Å². The lowest BCUT2D eigenvalue weighted by molar-refractivity contribution is 0.0939. The second kappa shape index (κ2) is 9.93. The molecule has 0 saturated carbocycles. The van der Waals surface area contributed by atoms with Crippen LogP contribution in [0.15, 0.2) is 18.2 Å². The highest BCUT2D eigenvalue weighted by Crippen LogP contribution is 2.17. The zero-order valence-corrected chi connectivity index (χ0v) is 15.2. The summed E-state index contributed by atoms with van der Waals surface area (Å²) in [6.45, 7) is 8.38. The number of urea groups is 1. The van der Waals surface area contributed by atoms with E-state index in [0.29, 0.717) is 17.9 Å². The predicted molar refractivity (Wildman–Crippen MR) is 96.5 cm³/mol. The minimum atomic E-state index is -0.265. The molecule has 3 amide bonds. The second-order valence-corrected chi connectivity index (χ2v) is 6.09. The minimum absolute atomic E-state index is 0.0193. The predicted octanol–water partition coefficient (Wildman–Crippen LogP) is 3.07. The zero-order valence-electron chi connectivity index (χ0n) is 15.2. The van der Waals surface area contributed by atoms with E-state index in [2.05, 4.69) is 16.0 Å². The third-order valence-corrected chi connectivity index (χ3v) is 3.86. The number of amides is 3. The van der Waals surface area contributed by atoms with Gasteiger partial charge in [0, 0.05) is 37.1 Å².